The minimum Gasteiger partial charge on any atom is -0.354 e. The van der Waals surface area contributed by atoms with E-state index in [-0.39, 0.29) is 28.5 Å². The molecule has 0 aliphatic carbocycles. The summed E-state index contributed by atoms with van der Waals surface area (Å²) in [5, 5.41) is 7.07. The number of hydrogen-bond donors (Lipinski definition) is 3. The Morgan fingerprint density at radius 1 is 0.472 bits per heavy atom. The molecule has 0 saturated heterocycles. The van der Waals surface area contributed by atoms with Gasteiger partial charge in [-0.05, 0) is 102 Å². The van der Waals surface area contributed by atoms with E-state index in [1.807, 2.05) is 85.7 Å². The van der Waals surface area contributed by atoms with Gasteiger partial charge in [-0.2, -0.15) is 30.3 Å². The molecule has 0 saturated carbocycles. The van der Waals surface area contributed by atoms with Crippen molar-refractivity contribution >= 4 is 46.4 Å². The third-order valence-corrected chi connectivity index (χ3v) is 8.67. The van der Waals surface area contributed by atoms with Crippen LogP contribution in [-0.2, 0) is 26.0 Å². The van der Waals surface area contributed by atoms with Gasteiger partial charge in [0.05, 0.1) is 29.9 Å². The summed E-state index contributed by atoms with van der Waals surface area (Å²) < 4.78 is 0. The number of rotatable bonds is 4. The van der Waals surface area contributed by atoms with Crippen molar-refractivity contribution in [3.63, 3.8) is 0 Å². The van der Waals surface area contributed by atoms with Crippen molar-refractivity contribution in [2.45, 2.75) is 7.43 Å². The minimum absolute atomic E-state index is 0. The third-order valence-electron chi connectivity index (χ3n) is 8.67. The SMILES string of the molecule is C.COO.[W].[c-]1ccc(-c2c3nc(c(-c4ccncc4)c4ccc([nH]4)c(-c4ccncc4)c4nc(c(-c5ccncc5)c5ccc2[nH]5)C=C4)C=C3)cc1. The van der Waals surface area contributed by atoms with Crippen LogP contribution in [0.15, 0.2) is 122 Å². The standard InChI is InChI=1S/C41H26N7.CH4O2.CH4.W/c1-2-4-26(5-3-1)38-30-6-8-32(45-30)39(27-14-20-42-21-15-27)34-10-12-36(47-34)41(29-18-24-44-25-19-29)37-13-11-35(48-37)40(28-16-22-43-23-17-28)33-9-7-31(38)46-33;1-3-2;;/h2-25,45,48H;2H,1H3;1H4;/q-1;;;. The topological polar surface area (TPSA) is 125 Å². The van der Waals surface area contributed by atoms with Gasteiger partial charge in [0.2, 0.25) is 0 Å². The van der Waals surface area contributed by atoms with Crippen LogP contribution >= 0.6 is 0 Å². The molecule has 0 amide bonds. The average Bonchev–Trinajstić information content (AvgIpc) is 4.02. The summed E-state index contributed by atoms with van der Waals surface area (Å²) in [7, 11) is 1.18. The van der Waals surface area contributed by atoms with Crippen molar-refractivity contribution in [1.29, 1.82) is 0 Å². The maximum atomic E-state index is 7.07. The molecule has 0 radical (unpaired) electrons. The van der Waals surface area contributed by atoms with Crippen molar-refractivity contribution in [2.75, 3.05) is 7.11 Å². The number of aromatic nitrogens is 7. The molecule has 0 unspecified atom stereocenters. The number of hydrogen-bond acceptors (Lipinski definition) is 7. The zero-order valence-corrected chi connectivity index (χ0v) is 30.8. The van der Waals surface area contributed by atoms with Gasteiger partial charge >= 0.3 is 0 Å². The molecule has 260 valence electrons. The molecular formula is C43H34N7O2W-. The van der Waals surface area contributed by atoms with E-state index < -0.39 is 0 Å². The zero-order chi connectivity index (χ0) is 34.6. The number of benzene rings is 1. The van der Waals surface area contributed by atoms with Crippen molar-refractivity contribution in [2.24, 2.45) is 0 Å². The number of fused-ring (bicyclic) bond motifs is 8. The first-order chi connectivity index (χ1) is 25.2. The second-order valence-electron chi connectivity index (χ2n) is 11.7. The fourth-order valence-electron chi connectivity index (χ4n) is 6.53. The molecule has 9 rings (SSSR count). The molecule has 6 aromatic heterocycles. The molecule has 2 aliphatic heterocycles. The van der Waals surface area contributed by atoms with Gasteiger partial charge in [-0.15, -0.1) is 5.56 Å². The van der Waals surface area contributed by atoms with Gasteiger partial charge in [-0.25, -0.2) is 14.9 Å². The second kappa shape index (κ2) is 16.5. The monoisotopic (exact) mass is 864 g/mol. The quantitative estimate of drug-likeness (QED) is 0.0914. The van der Waals surface area contributed by atoms with Crippen LogP contribution in [0.1, 0.15) is 30.2 Å². The molecular weight excluding hydrogens is 830 g/mol. The summed E-state index contributed by atoms with van der Waals surface area (Å²) in [6, 6.07) is 31.8. The van der Waals surface area contributed by atoms with E-state index in [0.29, 0.717) is 0 Å². The normalized spacial score (nSPS) is 11.2. The van der Waals surface area contributed by atoms with Gasteiger partial charge in [0.15, 0.2) is 0 Å². The molecule has 3 N–H and O–H groups in total. The smallest absolute Gasteiger partial charge is 0.0737 e. The van der Waals surface area contributed by atoms with Gasteiger partial charge in [-0.1, -0.05) is 7.43 Å². The van der Waals surface area contributed by atoms with Gasteiger partial charge in [0.25, 0.3) is 0 Å². The summed E-state index contributed by atoms with van der Waals surface area (Å²) in [4.78, 5) is 34.2. The first kappa shape index (κ1) is 36.7. The Hall–Kier alpha value is -6.12. The third kappa shape index (κ3) is 7.32. The number of aromatic amines is 2. The van der Waals surface area contributed by atoms with Crippen LogP contribution in [0.3, 0.4) is 0 Å². The Bertz CT molecular complexity index is 2220. The fraction of sp³-hybridized carbons (Fsp3) is 0.0465. The predicted octanol–water partition coefficient (Wildman–Crippen LogP) is 10.0. The Balaban J connectivity index is 0.000000931. The summed E-state index contributed by atoms with van der Waals surface area (Å²) >= 11 is 0. The van der Waals surface area contributed by atoms with Crippen LogP contribution in [0.4, 0.5) is 0 Å². The maximum Gasteiger partial charge on any atom is 0.0737 e. The predicted molar refractivity (Wildman–Crippen MR) is 209 cm³/mol. The van der Waals surface area contributed by atoms with E-state index in [1.54, 1.807) is 0 Å². The maximum absolute atomic E-state index is 7.07. The van der Waals surface area contributed by atoms with Gasteiger partial charge < -0.3 is 9.97 Å². The Kier molecular flexibility index (Phi) is 11.4. The van der Waals surface area contributed by atoms with Gasteiger partial charge in [-0.3, -0.25) is 20.2 Å². The van der Waals surface area contributed by atoms with Crippen LogP contribution in [0, 0.1) is 6.07 Å². The Morgan fingerprint density at radius 2 is 0.736 bits per heavy atom. The van der Waals surface area contributed by atoms with Crippen LogP contribution in [0.25, 0.3) is 90.9 Å². The van der Waals surface area contributed by atoms with Crippen LogP contribution in [-0.4, -0.2) is 47.3 Å². The number of nitrogens with zero attached hydrogens (tertiary/aromatic N) is 5. The molecule has 0 fully saturated rings. The zero-order valence-electron chi connectivity index (χ0n) is 27.9. The second-order valence-corrected chi connectivity index (χ2v) is 11.7. The van der Waals surface area contributed by atoms with Crippen LogP contribution < -0.4 is 0 Å². The van der Waals surface area contributed by atoms with E-state index in [9.17, 15) is 0 Å². The van der Waals surface area contributed by atoms with Crippen molar-refractivity contribution < 1.29 is 31.2 Å². The fourth-order valence-corrected chi connectivity index (χ4v) is 6.53. The van der Waals surface area contributed by atoms with Crippen molar-refractivity contribution in [1.82, 2.24) is 34.9 Å². The summed E-state index contributed by atoms with van der Waals surface area (Å²) in [5.74, 6) is 0. The van der Waals surface area contributed by atoms with Gasteiger partial charge in [0.1, 0.15) is 0 Å². The Labute approximate surface area is 321 Å². The first-order valence-electron chi connectivity index (χ1n) is 16.2. The molecule has 7 aromatic rings. The van der Waals surface area contributed by atoms with Crippen LogP contribution in [0.2, 0.25) is 0 Å². The number of pyridine rings is 3. The van der Waals surface area contributed by atoms with E-state index in [2.05, 4.69) is 96.6 Å². The molecule has 0 atom stereocenters. The van der Waals surface area contributed by atoms with E-state index >= 15 is 0 Å². The van der Waals surface area contributed by atoms with Gasteiger partial charge in [0, 0.05) is 103 Å². The summed E-state index contributed by atoms with van der Waals surface area (Å²) in [5.41, 5.74) is 15.2. The number of nitrogens with one attached hydrogen (secondary N) is 2. The molecule has 0 spiro atoms. The molecule has 53 heavy (non-hydrogen) atoms. The first-order valence-corrected chi connectivity index (χ1v) is 16.2. The van der Waals surface area contributed by atoms with E-state index in [0.717, 1.165) is 89.4 Å². The molecule has 8 heterocycles. The van der Waals surface area contributed by atoms with Crippen LogP contribution in [0.5, 0.6) is 0 Å². The summed E-state index contributed by atoms with van der Waals surface area (Å²) in [6.45, 7) is 0. The summed E-state index contributed by atoms with van der Waals surface area (Å²) in [6.07, 6.45) is 19.2. The largest absolute Gasteiger partial charge is 0.354 e. The molecule has 1 aromatic carbocycles. The average molecular weight is 865 g/mol. The molecule has 10 heteroatoms. The molecule has 8 bridgehead atoms. The molecule has 2 aliphatic rings. The van der Waals surface area contributed by atoms with Crippen molar-refractivity contribution in [3.8, 4) is 44.5 Å². The Morgan fingerprint density at radius 3 is 1.02 bits per heavy atom. The number of H-pyrrole nitrogens is 2. The van der Waals surface area contributed by atoms with Crippen molar-refractivity contribution in [3.05, 3.63) is 151 Å². The van der Waals surface area contributed by atoms with E-state index in [1.165, 1.54) is 7.11 Å². The molecule has 9 nitrogen and oxygen atoms in total. The minimum atomic E-state index is 0. The van der Waals surface area contributed by atoms with E-state index in [4.69, 9.17) is 15.2 Å².